The fourth-order valence-corrected chi connectivity index (χ4v) is 3.88. The zero-order chi connectivity index (χ0) is 18.8. The van der Waals surface area contributed by atoms with E-state index in [1.165, 1.54) is 17.6 Å². The first kappa shape index (κ1) is 17.5. The lowest BCUT2D eigenvalue weighted by atomic mass is 10.1. The van der Waals surface area contributed by atoms with Gasteiger partial charge in [0.05, 0.1) is 30.1 Å². The van der Waals surface area contributed by atoms with Gasteiger partial charge in [0.2, 0.25) is 5.91 Å². The minimum absolute atomic E-state index is 0.0132. The molecule has 0 unspecified atom stereocenters. The van der Waals surface area contributed by atoms with E-state index in [9.17, 15) is 9.59 Å². The molecule has 9 heteroatoms. The number of aryl methyl sites for hydroxylation is 1. The third kappa shape index (κ3) is 3.77. The largest absolute Gasteiger partial charge is 0.459 e. The molecule has 4 heterocycles. The minimum Gasteiger partial charge on any atom is -0.459 e. The molecule has 1 fully saturated rings. The van der Waals surface area contributed by atoms with Crippen LogP contribution >= 0.6 is 11.3 Å². The van der Waals surface area contributed by atoms with Gasteiger partial charge < -0.3 is 13.8 Å². The molecule has 4 rings (SSSR count). The van der Waals surface area contributed by atoms with Crippen molar-refractivity contribution < 1.29 is 18.5 Å². The van der Waals surface area contributed by atoms with Crippen LogP contribution in [0.1, 0.15) is 46.6 Å². The highest BCUT2D eigenvalue weighted by Crippen LogP contribution is 2.32. The third-order valence-electron chi connectivity index (χ3n) is 4.40. The Kier molecular flexibility index (Phi) is 4.76. The second kappa shape index (κ2) is 7.36. The van der Waals surface area contributed by atoms with E-state index >= 15 is 0 Å². The van der Waals surface area contributed by atoms with Crippen molar-refractivity contribution in [3.63, 3.8) is 0 Å². The Bertz CT molecular complexity index is 946. The Morgan fingerprint density at radius 3 is 3.07 bits per heavy atom. The number of aromatic nitrogens is 2. The Hall–Kier alpha value is -2.94. The van der Waals surface area contributed by atoms with Gasteiger partial charge in [-0.25, -0.2) is 4.98 Å². The van der Waals surface area contributed by atoms with Crippen LogP contribution in [0.5, 0.6) is 0 Å². The summed E-state index contributed by atoms with van der Waals surface area (Å²) in [6.07, 6.45) is 3.40. The van der Waals surface area contributed by atoms with Gasteiger partial charge in [-0.1, -0.05) is 5.16 Å². The van der Waals surface area contributed by atoms with Gasteiger partial charge in [0.25, 0.3) is 5.91 Å². The van der Waals surface area contributed by atoms with E-state index in [2.05, 4.69) is 15.5 Å². The molecule has 1 atom stereocenters. The summed E-state index contributed by atoms with van der Waals surface area (Å²) in [4.78, 5) is 30.9. The van der Waals surface area contributed by atoms with Crippen molar-refractivity contribution in [3.8, 4) is 0 Å². The molecule has 1 aliphatic rings. The van der Waals surface area contributed by atoms with Crippen LogP contribution in [0.15, 0.2) is 38.8 Å². The number of nitrogens with zero attached hydrogens (tertiary/aromatic N) is 3. The second-order valence-electron chi connectivity index (χ2n) is 6.37. The molecule has 3 aromatic heterocycles. The maximum Gasteiger partial charge on any atom is 0.293 e. The molecule has 27 heavy (non-hydrogen) atoms. The molecule has 1 saturated heterocycles. The van der Waals surface area contributed by atoms with E-state index in [-0.39, 0.29) is 30.0 Å². The number of hydrogen-bond donors (Lipinski definition) is 1. The second-order valence-corrected chi connectivity index (χ2v) is 7.23. The molecule has 1 aliphatic heterocycles. The highest BCUT2D eigenvalue weighted by molar-refractivity contribution is 7.14. The number of furan rings is 1. The van der Waals surface area contributed by atoms with Crippen molar-refractivity contribution in [3.05, 3.63) is 52.8 Å². The lowest BCUT2D eigenvalue weighted by Gasteiger charge is -2.22. The molecule has 1 N–H and O–H groups in total. The highest BCUT2D eigenvalue weighted by Gasteiger charge is 2.32. The molecule has 0 aliphatic carbocycles. The van der Waals surface area contributed by atoms with Crippen LogP contribution in [0.3, 0.4) is 0 Å². The fourth-order valence-electron chi connectivity index (χ4n) is 3.17. The lowest BCUT2D eigenvalue weighted by Crippen LogP contribution is -2.31. The zero-order valence-electron chi connectivity index (χ0n) is 14.7. The van der Waals surface area contributed by atoms with E-state index in [0.717, 1.165) is 24.3 Å². The van der Waals surface area contributed by atoms with E-state index < -0.39 is 0 Å². The van der Waals surface area contributed by atoms with Crippen LogP contribution in [0, 0.1) is 6.92 Å². The smallest absolute Gasteiger partial charge is 0.293 e. The van der Waals surface area contributed by atoms with Gasteiger partial charge in [-0.15, -0.1) is 11.3 Å². The summed E-state index contributed by atoms with van der Waals surface area (Å²) in [5, 5.41) is 8.80. The fraction of sp³-hybridized carbons (Fsp3) is 0.333. The van der Waals surface area contributed by atoms with Gasteiger partial charge in [-0.2, -0.15) is 0 Å². The van der Waals surface area contributed by atoms with Gasteiger partial charge in [0.15, 0.2) is 16.7 Å². The first-order valence-electron chi connectivity index (χ1n) is 8.62. The SMILES string of the molecule is Cc1cc([C@H]2CCCN2C(=O)Cc2csc(NC(=O)c3ccco3)n2)on1. The standard InChI is InChI=1S/C18H18N4O4S/c1-11-8-15(26-21-11)13-4-2-6-22(13)16(23)9-12-10-27-18(19-12)20-17(24)14-5-3-7-25-14/h3,5,7-8,10,13H,2,4,6,9H2,1H3,(H,19,20,24)/t13-/m1/s1. The average molecular weight is 386 g/mol. The first-order chi connectivity index (χ1) is 13.1. The maximum absolute atomic E-state index is 12.7. The van der Waals surface area contributed by atoms with Crippen molar-refractivity contribution in [2.24, 2.45) is 0 Å². The van der Waals surface area contributed by atoms with Crippen LogP contribution < -0.4 is 5.32 Å². The molecule has 0 spiro atoms. The third-order valence-corrected chi connectivity index (χ3v) is 5.20. The van der Waals surface area contributed by atoms with Crippen molar-refractivity contribution >= 4 is 28.3 Å². The molecule has 0 radical (unpaired) electrons. The average Bonchev–Trinajstić information content (AvgIpc) is 3.42. The molecule has 0 saturated carbocycles. The van der Waals surface area contributed by atoms with Crippen LogP contribution in [-0.4, -0.2) is 33.4 Å². The van der Waals surface area contributed by atoms with Crippen molar-refractivity contribution in [2.75, 3.05) is 11.9 Å². The Balaban J connectivity index is 1.39. The van der Waals surface area contributed by atoms with Crippen molar-refractivity contribution in [1.82, 2.24) is 15.0 Å². The normalized spacial score (nSPS) is 16.6. The topological polar surface area (TPSA) is 101 Å². The number of carbonyl (C=O) groups excluding carboxylic acids is 2. The number of likely N-dealkylation sites (tertiary alicyclic amines) is 1. The van der Waals surface area contributed by atoms with Gasteiger partial charge in [-0.05, 0) is 31.9 Å². The van der Waals surface area contributed by atoms with E-state index in [1.54, 1.807) is 17.5 Å². The summed E-state index contributed by atoms with van der Waals surface area (Å²) in [7, 11) is 0. The molecule has 3 aromatic rings. The summed E-state index contributed by atoms with van der Waals surface area (Å²) in [5.74, 6) is 0.557. The van der Waals surface area contributed by atoms with Gasteiger partial charge in [-0.3, -0.25) is 14.9 Å². The van der Waals surface area contributed by atoms with Gasteiger partial charge in [0, 0.05) is 18.0 Å². The number of nitrogens with one attached hydrogen (secondary N) is 1. The number of hydrogen-bond acceptors (Lipinski definition) is 7. The molecule has 2 amide bonds. The molecular formula is C18H18N4O4S. The number of anilines is 1. The van der Waals surface area contributed by atoms with Crippen LogP contribution in [0.2, 0.25) is 0 Å². The monoisotopic (exact) mass is 386 g/mol. The lowest BCUT2D eigenvalue weighted by molar-refractivity contribution is -0.131. The van der Waals surface area contributed by atoms with Crippen LogP contribution in [0.4, 0.5) is 5.13 Å². The van der Waals surface area contributed by atoms with Crippen LogP contribution in [-0.2, 0) is 11.2 Å². The predicted octanol–water partition coefficient (Wildman–Crippen LogP) is 3.19. The minimum atomic E-state index is -0.368. The van der Waals surface area contributed by atoms with Gasteiger partial charge in [0.1, 0.15) is 0 Å². The molecular weight excluding hydrogens is 368 g/mol. The summed E-state index contributed by atoms with van der Waals surface area (Å²) in [6.45, 7) is 2.55. The number of rotatable bonds is 5. The van der Waals surface area contributed by atoms with Crippen molar-refractivity contribution in [2.45, 2.75) is 32.2 Å². The molecule has 0 bridgehead atoms. The van der Waals surface area contributed by atoms with E-state index in [1.807, 2.05) is 17.9 Å². The summed E-state index contributed by atoms with van der Waals surface area (Å²) < 4.78 is 10.4. The quantitative estimate of drug-likeness (QED) is 0.723. The number of thiazole rings is 1. The summed E-state index contributed by atoms with van der Waals surface area (Å²) >= 11 is 1.28. The molecule has 0 aromatic carbocycles. The Morgan fingerprint density at radius 2 is 2.33 bits per heavy atom. The first-order valence-corrected chi connectivity index (χ1v) is 9.50. The van der Waals surface area contributed by atoms with E-state index in [0.29, 0.717) is 17.4 Å². The summed E-state index contributed by atoms with van der Waals surface area (Å²) in [5.41, 5.74) is 1.43. The maximum atomic E-state index is 12.7. The molecule has 140 valence electrons. The van der Waals surface area contributed by atoms with Crippen molar-refractivity contribution in [1.29, 1.82) is 0 Å². The predicted molar refractivity (Wildman–Crippen MR) is 97.4 cm³/mol. The summed E-state index contributed by atoms with van der Waals surface area (Å²) in [6, 6.07) is 5.02. The van der Waals surface area contributed by atoms with E-state index in [4.69, 9.17) is 8.94 Å². The molecule has 8 nitrogen and oxygen atoms in total. The zero-order valence-corrected chi connectivity index (χ0v) is 15.5. The highest BCUT2D eigenvalue weighted by atomic mass is 32.1. The Morgan fingerprint density at radius 1 is 1.44 bits per heavy atom. The Labute approximate surface area is 159 Å². The number of carbonyl (C=O) groups is 2. The number of amides is 2. The van der Waals surface area contributed by atoms with Gasteiger partial charge >= 0.3 is 0 Å². The van der Waals surface area contributed by atoms with Crippen LogP contribution in [0.25, 0.3) is 0 Å².